The Labute approximate surface area is 163 Å². The fourth-order valence-electron chi connectivity index (χ4n) is 1.96. The third-order valence-corrected chi connectivity index (χ3v) is 4.07. The molecule has 8 heteroatoms. The Bertz CT molecular complexity index is 523. The number of unbranched alkanes of at least 4 members (excludes halogenated alkanes) is 3. The number of hydrogen-bond donors (Lipinski definition) is 3. The average molecular weight is 411 g/mol. The van der Waals surface area contributed by atoms with Gasteiger partial charge in [0.05, 0.1) is 0 Å². The molecular weight excluding hydrogens is 389 g/mol. The molecule has 0 saturated carbocycles. The second-order valence-corrected chi connectivity index (χ2v) is 8.09. The summed E-state index contributed by atoms with van der Waals surface area (Å²) in [4.78, 5) is 12.0. The van der Waals surface area contributed by atoms with Crippen LogP contribution in [-0.2, 0) is 4.79 Å². The van der Waals surface area contributed by atoms with E-state index < -0.39 is 9.96 Å². The van der Waals surface area contributed by atoms with Crippen LogP contribution in [0.15, 0.2) is 30.3 Å². The van der Waals surface area contributed by atoms with Crippen molar-refractivity contribution in [2.24, 2.45) is 0 Å². The summed E-state index contributed by atoms with van der Waals surface area (Å²) in [5.41, 5.74) is 0.795. The highest BCUT2D eigenvalue weighted by molar-refractivity contribution is 7.80. The first kappa shape index (κ1) is 21.3. The first-order valence-corrected chi connectivity index (χ1v) is 9.35. The van der Waals surface area contributed by atoms with Crippen molar-refractivity contribution in [2.45, 2.75) is 49.0 Å². The highest BCUT2D eigenvalue weighted by Gasteiger charge is 2.34. The van der Waals surface area contributed by atoms with E-state index in [2.05, 4.69) is 22.9 Å². The molecule has 134 valence electrons. The molecule has 0 unspecified atom stereocenters. The molecule has 1 rings (SSSR count). The van der Waals surface area contributed by atoms with Crippen LogP contribution < -0.4 is 16.0 Å². The summed E-state index contributed by atoms with van der Waals surface area (Å²) in [7, 11) is 0. The molecule has 3 N–H and O–H groups in total. The Balaban J connectivity index is 2.53. The normalized spacial score (nSPS) is 12.3. The van der Waals surface area contributed by atoms with Gasteiger partial charge in [-0.15, -0.1) is 0 Å². The minimum absolute atomic E-state index is 0.183. The third-order valence-electron chi connectivity index (χ3n) is 3.20. The number of carbonyl (C=O) groups excluding carboxylic acids is 1. The molecule has 0 aliphatic heterocycles. The van der Waals surface area contributed by atoms with Crippen molar-refractivity contribution < 1.29 is 4.79 Å². The lowest BCUT2D eigenvalue weighted by Gasteiger charge is -2.27. The number of benzene rings is 1. The van der Waals surface area contributed by atoms with Crippen LogP contribution in [0.2, 0.25) is 0 Å². The quantitative estimate of drug-likeness (QED) is 0.250. The van der Waals surface area contributed by atoms with Crippen molar-refractivity contribution in [1.29, 1.82) is 0 Å². The lowest BCUT2D eigenvalue weighted by molar-refractivity contribution is -0.122. The molecule has 1 aromatic rings. The maximum atomic E-state index is 12.0. The summed E-state index contributed by atoms with van der Waals surface area (Å²) in [6.07, 6.45) is 3.48. The fourth-order valence-corrected chi connectivity index (χ4v) is 2.53. The summed E-state index contributed by atoms with van der Waals surface area (Å²) in [6.45, 7) is 2.11. The molecule has 1 atom stereocenters. The molecule has 0 aliphatic carbocycles. The van der Waals surface area contributed by atoms with Crippen LogP contribution in [0, 0.1) is 0 Å². The number of thiocarbonyl (C=S) groups is 1. The summed E-state index contributed by atoms with van der Waals surface area (Å²) >= 11 is 23.0. The Hall–Kier alpha value is -0.750. The number of rotatable bonds is 8. The van der Waals surface area contributed by atoms with E-state index in [9.17, 15) is 4.79 Å². The van der Waals surface area contributed by atoms with Gasteiger partial charge in [-0.1, -0.05) is 79.2 Å². The van der Waals surface area contributed by atoms with Crippen molar-refractivity contribution in [3.05, 3.63) is 30.3 Å². The van der Waals surface area contributed by atoms with Gasteiger partial charge >= 0.3 is 0 Å². The number of halogens is 3. The summed E-state index contributed by atoms with van der Waals surface area (Å²) < 4.78 is -1.73. The summed E-state index contributed by atoms with van der Waals surface area (Å²) in [5.74, 6) is -0.183. The molecule has 0 spiro atoms. The number of alkyl halides is 3. The van der Waals surface area contributed by atoms with Crippen LogP contribution in [0.25, 0.3) is 0 Å². The van der Waals surface area contributed by atoms with Crippen LogP contribution in [0.3, 0.4) is 0 Å². The molecular formula is C16H22Cl3N3OS. The van der Waals surface area contributed by atoms with Crippen molar-refractivity contribution in [1.82, 2.24) is 10.6 Å². The average Bonchev–Trinajstić information content (AvgIpc) is 2.51. The molecule has 0 heterocycles. The van der Waals surface area contributed by atoms with E-state index in [0.717, 1.165) is 31.4 Å². The van der Waals surface area contributed by atoms with Crippen molar-refractivity contribution in [3.63, 3.8) is 0 Å². The van der Waals surface area contributed by atoms with Crippen molar-refractivity contribution >= 4 is 63.7 Å². The standard InChI is InChI=1S/C16H22Cl3N3OS/c1-2-3-4-8-11-13(23)21-14(16(17,18)19)22-15(24)20-12-9-6-5-7-10-12/h5-7,9-10,14H,2-4,8,11H2,1H3,(H,21,23)(H2,20,22,24)/t14-/m0/s1. The zero-order chi connectivity index (χ0) is 18.0. The van der Waals surface area contributed by atoms with Crippen molar-refractivity contribution in [2.75, 3.05) is 5.32 Å². The monoisotopic (exact) mass is 409 g/mol. The van der Waals surface area contributed by atoms with Crippen LogP contribution in [-0.4, -0.2) is 21.0 Å². The van der Waals surface area contributed by atoms with Gasteiger partial charge in [-0.2, -0.15) is 0 Å². The maximum absolute atomic E-state index is 12.0. The molecule has 0 saturated heterocycles. The molecule has 0 radical (unpaired) electrons. The Morgan fingerprint density at radius 2 is 1.79 bits per heavy atom. The number of anilines is 1. The van der Waals surface area contributed by atoms with E-state index in [0.29, 0.717) is 6.42 Å². The third kappa shape index (κ3) is 8.92. The Morgan fingerprint density at radius 1 is 1.12 bits per heavy atom. The second kappa shape index (κ2) is 11.0. The minimum atomic E-state index is -1.73. The molecule has 0 aliphatic rings. The SMILES string of the molecule is CCCCCCC(=O)N[C@@H](NC(=S)Nc1ccccc1)C(Cl)(Cl)Cl. The molecule has 0 fully saturated rings. The lowest BCUT2D eigenvalue weighted by Crippen LogP contribution is -2.56. The molecule has 0 aromatic heterocycles. The van der Waals surface area contributed by atoms with Gasteiger partial charge in [0, 0.05) is 12.1 Å². The lowest BCUT2D eigenvalue weighted by atomic mass is 10.1. The highest BCUT2D eigenvalue weighted by Crippen LogP contribution is 2.29. The van der Waals surface area contributed by atoms with E-state index >= 15 is 0 Å². The van der Waals surface area contributed by atoms with Crippen LogP contribution >= 0.6 is 47.0 Å². The molecule has 1 amide bonds. The fraction of sp³-hybridized carbons (Fsp3) is 0.500. The van der Waals surface area contributed by atoms with Gasteiger partial charge in [-0.05, 0) is 30.8 Å². The predicted octanol–water partition coefficient (Wildman–Crippen LogP) is 4.76. The summed E-state index contributed by atoms with van der Waals surface area (Å²) in [6, 6.07) is 9.34. The largest absolute Gasteiger partial charge is 0.339 e. The molecule has 1 aromatic carbocycles. The zero-order valence-electron chi connectivity index (χ0n) is 13.5. The first-order chi connectivity index (χ1) is 11.3. The molecule has 4 nitrogen and oxygen atoms in total. The number of para-hydroxylation sites is 1. The minimum Gasteiger partial charge on any atom is -0.339 e. The van der Waals surface area contributed by atoms with Gasteiger partial charge in [-0.25, -0.2) is 0 Å². The number of amides is 1. The van der Waals surface area contributed by atoms with Gasteiger partial charge in [0.1, 0.15) is 6.17 Å². The smallest absolute Gasteiger partial charge is 0.228 e. The molecule has 0 bridgehead atoms. The van der Waals surface area contributed by atoms with Gasteiger partial charge < -0.3 is 16.0 Å². The Kier molecular flexibility index (Phi) is 9.74. The number of carbonyl (C=O) groups is 1. The van der Waals surface area contributed by atoms with Crippen molar-refractivity contribution in [3.8, 4) is 0 Å². The topological polar surface area (TPSA) is 53.2 Å². The van der Waals surface area contributed by atoms with Gasteiger partial charge in [0.15, 0.2) is 5.11 Å². The predicted molar refractivity (Wildman–Crippen MR) is 107 cm³/mol. The Morgan fingerprint density at radius 3 is 2.38 bits per heavy atom. The first-order valence-electron chi connectivity index (χ1n) is 7.81. The van der Waals surface area contributed by atoms with Gasteiger partial charge in [0.25, 0.3) is 0 Å². The zero-order valence-corrected chi connectivity index (χ0v) is 16.5. The van der Waals surface area contributed by atoms with E-state index in [1.54, 1.807) is 0 Å². The van der Waals surface area contributed by atoms with Crippen LogP contribution in [0.1, 0.15) is 39.0 Å². The van der Waals surface area contributed by atoms with Gasteiger partial charge in [-0.3, -0.25) is 4.79 Å². The van der Waals surface area contributed by atoms with E-state index in [1.165, 1.54) is 0 Å². The second-order valence-electron chi connectivity index (χ2n) is 5.32. The van der Waals surface area contributed by atoms with E-state index in [-0.39, 0.29) is 11.0 Å². The number of nitrogens with one attached hydrogen (secondary N) is 3. The number of hydrogen-bond acceptors (Lipinski definition) is 2. The van der Waals surface area contributed by atoms with E-state index in [4.69, 9.17) is 47.0 Å². The van der Waals surface area contributed by atoms with E-state index in [1.807, 2.05) is 30.3 Å². The maximum Gasteiger partial charge on any atom is 0.228 e. The van der Waals surface area contributed by atoms with Gasteiger partial charge in [0.2, 0.25) is 9.70 Å². The van der Waals surface area contributed by atoms with Crippen LogP contribution in [0.5, 0.6) is 0 Å². The molecule has 24 heavy (non-hydrogen) atoms. The van der Waals surface area contributed by atoms with Crippen LogP contribution in [0.4, 0.5) is 5.69 Å². The highest BCUT2D eigenvalue weighted by atomic mass is 35.6. The summed E-state index contributed by atoms with van der Waals surface area (Å²) in [5, 5.41) is 8.73.